The lowest BCUT2D eigenvalue weighted by Gasteiger charge is -2.37. The molecule has 3 aromatic rings. The quantitative estimate of drug-likeness (QED) is 0.710. The van der Waals surface area contributed by atoms with Crippen LogP contribution < -0.4 is 4.90 Å². The molecule has 0 unspecified atom stereocenters. The van der Waals surface area contributed by atoms with Crippen LogP contribution in [0.1, 0.15) is 18.5 Å². The fraction of sp³-hybridized carbons (Fsp3) is 0.350. The summed E-state index contributed by atoms with van der Waals surface area (Å²) >= 11 is 0. The Morgan fingerprint density at radius 1 is 1.04 bits per heavy atom. The van der Waals surface area contributed by atoms with Crippen LogP contribution in [0.4, 0.5) is 5.69 Å². The largest absolute Gasteiger partial charge is 0.371 e. The third-order valence-corrected chi connectivity index (χ3v) is 5.10. The van der Waals surface area contributed by atoms with Gasteiger partial charge in [0.2, 0.25) is 0 Å². The van der Waals surface area contributed by atoms with Gasteiger partial charge in [-0.25, -0.2) is 4.68 Å². The van der Waals surface area contributed by atoms with Crippen molar-refractivity contribution in [2.75, 3.05) is 25.0 Å². The highest BCUT2D eigenvalue weighted by molar-refractivity contribution is 5.51. The highest BCUT2D eigenvalue weighted by Crippen LogP contribution is 2.23. The summed E-state index contributed by atoms with van der Waals surface area (Å²) in [7, 11) is 2.19. The minimum Gasteiger partial charge on any atom is -0.371 e. The Kier molecular flexibility index (Phi) is 4.93. The van der Waals surface area contributed by atoms with Crippen LogP contribution in [0.15, 0.2) is 61.3 Å². The van der Waals surface area contributed by atoms with Crippen LogP contribution >= 0.6 is 0 Å². The molecule has 4 rings (SSSR count). The van der Waals surface area contributed by atoms with Crippen molar-refractivity contribution < 1.29 is 0 Å². The molecule has 0 atom stereocenters. The molecule has 1 fully saturated rings. The van der Waals surface area contributed by atoms with Crippen molar-refractivity contribution in [2.24, 2.45) is 0 Å². The summed E-state index contributed by atoms with van der Waals surface area (Å²) in [5.74, 6) is 0. The zero-order valence-electron chi connectivity index (χ0n) is 15.1. The van der Waals surface area contributed by atoms with E-state index in [2.05, 4.69) is 56.2 Å². The Morgan fingerprint density at radius 3 is 2.46 bits per heavy atom. The van der Waals surface area contributed by atoms with Crippen molar-refractivity contribution in [2.45, 2.75) is 25.4 Å². The molecule has 0 amide bonds. The van der Waals surface area contributed by atoms with Gasteiger partial charge in [0, 0.05) is 62.3 Å². The van der Waals surface area contributed by atoms with Crippen molar-refractivity contribution >= 4 is 5.69 Å². The van der Waals surface area contributed by atoms with E-state index in [-0.39, 0.29) is 0 Å². The molecule has 0 aliphatic carbocycles. The second kappa shape index (κ2) is 7.66. The first-order valence-electron chi connectivity index (χ1n) is 9.10. The number of hydrogen-bond donors (Lipinski definition) is 0. The predicted octanol–water partition coefficient (Wildman–Crippen LogP) is 2.76. The minimum atomic E-state index is 0.594. The lowest BCUT2D eigenvalue weighted by atomic mass is 10.0. The Morgan fingerprint density at radius 2 is 1.81 bits per heavy atom. The van der Waals surface area contributed by atoms with E-state index < -0.39 is 0 Å². The Hall–Kier alpha value is -2.73. The smallest absolute Gasteiger partial charge is 0.0726 e. The van der Waals surface area contributed by atoms with E-state index in [0.29, 0.717) is 6.04 Å². The van der Waals surface area contributed by atoms with Crippen LogP contribution in [0, 0.1) is 0 Å². The van der Waals surface area contributed by atoms with Crippen LogP contribution in [-0.4, -0.2) is 50.8 Å². The summed E-state index contributed by atoms with van der Waals surface area (Å²) in [6.07, 6.45) is 11.4. The molecular weight excluding hydrogens is 324 g/mol. The lowest BCUT2D eigenvalue weighted by molar-refractivity contribution is 0.198. The van der Waals surface area contributed by atoms with E-state index >= 15 is 0 Å². The maximum atomic E-state index is 4.38. The molecule has 0 saturated carbocycles. The fourth-order valence-electron chi connectivity index (χ4n) is 3.60. The summed E-state index contributed by atoms with van der Waals surface area (Å²) < 4.78 is 1.89. The van der Waals surface area contributed by atoms with Gasteiger partial charge in [-0.05, 0) is 50.2 Å². The molecule has 6 heteroatoms. The van der Waals surface area contributed by atoms with E-state index in [9.17, 15) is 0 Å². The standard InChI is InChI=1S/C20H24N6/c1-24(16-17-15-21-10-11-22-17)18-7-13-25(14-8-18)19-3-5-20(6-4-19)26-12-2-9-23-26/h2-6,9-12,15,18H,7-8,13-14,16H2,1H3. The highest BCUT2D eigenvalue weighted by Gasteiger charge is 2.23. The number of piperidine rings is 1. The molecule has 1 aliphatic heterocycles. The van der Waals surface area contributed by atoms with Gasteiger partial charge in [-0.15, -0.1) is 0 Å². The summed E-state index contributed by atoms with van der Waals surface area (Å²) in [5, 5.41) is 4.28. The van der Waals surface area contributed by atoms with E-state index in [0.717, 1.165) is 43.9 Å². The van der Waals surface area contributed by atoms with Gasteiger partial charge < -0.3 is 4.90 Å². The molecule has 0 N–H and O–H groups in total. The fourth-order valence-corrected chi connectivity index (χ4v) is 3.60. The molecule has 1 aromatic carbocycles. The van der Waals surface area contributed by atoms with E-state index in [1.165, 1.54) is 5.69 Å². The number of aromatic nitrogens is 4. The van der Waals surface area contributed by atoms with E-state index in [4.69, 9.17) is 0 Å². The number of rotatable bonds is 5. The number of benzene rings is 1. The van der Waals surface area contributed by atoms with Gasteiger partial charge in [0.1, 0.15) is 0 Å². The molecule has 1 saturated heterocycles. The predicted molar refractivity (Wildman–Crippen MR) is 102 cm³/mol. The average Bonchev–Trinajstić information content (AvgIpc) is 3.24. The van der Waals surface area contributed by atoms with Crippen LogP contribution in [0.25, 0.3) is 5.69 Å². The first kappa shape index (κ1) is 16.7. The Bertz CT molecular complexity index is 792. The van der Waals surface area contributed by atoms with Gasteiger partial charge in [0.25, 0.3) is 0 Å². The zero-order valence-corrected chi connectivity index (χ0v) is 15.1. The summed E-state index contributed by atoms with van der Waals surface area (Å²) in [6, 6.07) is 11.2. The van der Waals surface area contributed by atoms with Gasteiger partial charge >= 0.3 is 0 Å². The molecule has 0 radical (unpaired) electrons. The van der Waals surface area contributed by atoms with Gasteiger partial charge in [0.05, 0.1) is 11.4 Å². The molecule has 134 valence electrons. The second-order valence-corrected chi connectivity index (χ2v) is 6.80. The molecule has 1 aliphatic rings. The first-order valence-corrected chi connectivity index (χ1v) is 9.10. The summed E-state index contributed by atoms with van der Waals surface area (Å²) in [5.41, 5.74) is 3.42. The van der Waals surface area contributed by atoms with Crippen LogP contribution in [0.3, 0.4) is 0 Å². The maximum absolute atomic E-state index is 4.38. The van der Waals surface area contributed by atoms with E-state index in [1.807, 2.05) is 23.1 Å². The van der Waals surface area contributed by atoms with Gasteiger partial charge in [-0.1, -0.05) is 0 Å². The van der Waals surface area contributed by atoms with Crippen molar-refractivity contribution in [3.8, 4) is 5.69 Å². The normalized spacial score (nSPS) is 15.5. The topological polar surface area (TPSA) is 50.1 Å². The van der Waals surface area contributed by atoms with Gasteiger partial charge in [0.15, 0.2) is 0 Å². The number of anilines is 1. The van der Waals surface area contributed by atoms with Crippen molar-refractivity contribution in [1.82, 2.24) is 24.6 Å². The lowest BCUT2D eigenvalue weighted by Crippen LogP contribution is -2.43. The average molecular weight is 348 g/mol. The maximum Gasteiger partial charge on any atom is 0.0726 e. The van der Waals surface area contributed by atoms with E-state index in [1.54, 1.807) is 18.6 Å². The molecular formula is C20H24N6. The van der Waals surface area contributed by atoms with Gasteiger partial charge in [-0.3, -0.25) is 14.9 Å². The van der Waals surface area contributed by atoms with Crippen LogP contribution in [-0.2, 0) is 6.54 Å². The molecule has 0 spiro atoms. The Labute approximate surface area is 154 Å². The molecule has 0 bridgehead atoms. The third-order valence-electron chi connectivity index (χ3n) is 5.10. The number of nitrogens with zero attached hydrogens (tertiary/aromatic N) is 6. The first-order chi connectivity index (χ1) is 12.8. The third kappa shape index (κ3) is 3.75. The second-order valence-electron chi connectivity index (χ2n) is 6.80. The highest BCUT2D eigenvalue weighted by atomic mass is 15.3. The van der Waals surface area contributed by atoms with Gasteiger partial charge in [-0.2, -0.15) is 5.10 Å². The SMILES string of the molecule is CN(Cc1cnccn1)C1CCN(c2ccc(-n3cccn3)cc2)CC1. The Balaban J connectivity index is 1.33. The molecule has 2 aromatic heterocycles. The number of hydrogen-bond acceptors (Lipinski definition) is 5. The van der Waals surface area contributed by atoms with Crippen LogP contribution in [0.5, 0.6) is 0 Å². The minimum absolute atomic E-state index is 0.594. The summed E-state index contributed by atoms with van der Waals surface area (Å²) in [6.45, 7) is 3.02. The van der Waals surface area contributed by atoms with Crippen molar-refractivity contribution in [1.29, 1.82) is 0 Å². The summed E-state index contributed by atoms with van der Waals surface area (Å²) in [4.78, 5) is 13.4. The van der Waals surface area contributed by atoms with Crippen molar-refractivity contribution in [3.63, 3.8) is 0 Å². The van der Waals surface area contributed by atoms with Crippen LogP contribution in [0.2, 0.25) is 0 Å². The molecule has 26 heavy (non-hydrogen) atoms. The molecule has 6 nitrogen and oxygen atoms in total. The monoisotopic (exact) mass is 348 g/mol. The zero-order chi connectivity index (χ0) is 17.8. The molecule has 3 heterocycles. The van der Waals surface area contributed by atoms with Crippen molar-refractivity contribution in [3.05, 3.63) is 67.0 Å².